The molecule has 0 aromatic heterocycles. The van der Waals surface area contributed by atoms with E-state index in [-0.39, 0.29) is 6.42 Å². The Hall–Kier alpha value is -1.31. The lowest BCUT2D eigenvalue weighted by atomic mass is 9.97. The predicted octanol–water partition coefficient (Wildman–Crippen LogP) is 3.85. The van der Waals surface area contributed by atoms with Crippen LogP contribution in [0.4, 0.5) is 0 Å². The maximum absolute atomic E-state index is 10.4. The van der Waals surface area contributed by atoms with E-state index < -0.39 is 5.97 Å². The molecule has 0 aliphatic carbocycles. The lowest BCUT2D eigenvalue weighted by Gasteiger charge is -2.08. The molecule has 1 aromatic carbocycles. The highest BCUT2D eigenvalue weighted by atomic mass is 16.4. The Morgan fingerprint density at radius 3 is 2.12 bits per heavy atom. The molecular formula is C14H22O2. The molecule has 0 fully saturated rings. The Morgan fingerprint density at radius 1 is 1.25 bits per heavy atom. The van der Waals surface area contributed by atoms with Crippen LogP contribution in [-0.4, -0.2) is 11.1 Å². The Labute approximate surface area is 98.3 Å². The fourth-order valence-electron chi connectivity index (χ4n) is 1.37. The largest absolute Gasteiger partial charge is 0.481 e. The van der Waals surface area contributed by atoms with Gasteiger partial charge in [-0.05, 0) is 23.5 Å². The molecule has 0 saturated carbocycles. The highest BCUT2D eigenvalue weighted by molar-refractivity contribution is 5.70. The molecular weight excluding hydrogens is 200 g/mol. The molecule has 0 saturated heterocycles. The summed E-state index contributed by atoms with van der Waals surface area (Å²) in [4.78, 5) is 10.4. The SMILES string of the molecule is CC.CCC(C)c1ccc(CC(=O)O)cc1. The quantitative estimate of drug-likeness (QED) is 0.840. The lowest BCUT2D eigenvalue weighted by molar-refractivity contribution is -0.136. The molecule has 1 unspecified atom stereocenters. The van der Waals surface area contributed by atoms with E-state index in [1.165, 1.54) is 5.56 Å². The van der Waals surface area contributed by atoms with E-state index in [1.54, 1.807) is 0 Å². The molecule has 2 heteroatoms. The second-order valence-corrected chi connectivity index (χ2v) is 3.62. The standard InChI is InChI=1S/C12H16O2.C2H6/c1-3-9(2)11-6-4-10(5-7-11)8-12(13)14;1-2/h4-7,9H,3,8H2,1-2H3,(H,13,14);1-2H3. The fourth-order valence-corrected chi connectivity index (χ4v) is 1.37. The summed E-state index contributed by atoms with van der Waals surface area (Å²) >= 11 is 0. The first-order valence-corrected chi connectivity index (χ1v) is 5.94. The van der Waals surface area contributed by atoms with Crippen molar-refractivity contribution >= 4 is 5.97 Å². The zero-order valence-electron chi connectivity index (χ0n) is 10.7. The summed E-state index contributed by atoms with van der Waals surface area (Å²) in [6.07, 6.45) is 1.22. The predicted molar refractivity (Wildman–Crippen MR) is 67.8 cm³/mol. The van der Waals surface area contributed by atoms with Gasteiger partial charge in [0.05, 0.1) is 6.42 Å². The lowest BCUT2D eigenvalue weighted by Crippen LogP contribution is -2.00. The molecule has 0 amide bonds. The molecule has 0 aliphatic heterocycles. The van der Waals surface area contributed by atoms with Crippen molar-refractivity contribution in [1.82, 2.24) is 0 Å². The first-order valence-electron chi connectivity index (χ1n) is 5.94. The van der Waals surface area contributed by atoms with Gasteiger partial charge in [-0.25, -0.2) is 0 Å². The zero-order chi connectivity index (χ0) is 12.6. The molecule has 0 heterocycles. The summed E-state index contributed by atoms with van der Waals surface area (Å²) in [5.41, 5.74) is 2.14. The first-order chi connectivity index (χ1) is 7.63. The average molecular weight is 222 g/mol. The first kappa shape index (κ1) is 14.7. The number of hydrogen-bond donors (Lipinski definition) is 1. The van der Waals surface area contributed by atoms with Gasteiger partial charge in [-0.2, -0.15) is 0 Å². The second-order valence-electron chi connectivity index (χ2n) is 3.62. The topological polar surface area (TPSA) is 37.3 Å². The maximum Gasteiger partial charge on any atom is 0.307 e. The Bertz CT molecular complexity index is 301. The number of aliphatic carboxylic acids is 1. The number of rotatable bonds is 4. The van der Waals surface area contributed by atoms with E-state index in [0.29, 0.717) is 5.92 Å². The summed E-state index contributed by atoms with van der Waals surface area (Å²) < 4.78 is 0. The minimum absolute atomic E-state index is 0.112. The van der Waals surface area contributed by atoms with Crippen LogP contribution < -0.4 is 0 Å². The van der Waals surface area contributed by atoms with Gasteiger partial charge in [-0.3, -0.25) is 4.79 Å². The minimum Gasteiger partial charge on any atom is -0.481 e. The summed E-state index contributed by atoms with van der Waals surface area (Å²) in [6.45, 7) is 8.32. The number of carbonyl (C=O) groups is 1. The number of carboxylic acid groups (broad SMARTS) is 1. The highest BCUT2D eigenvalue weighted by Gasteiger charge is 2.03. The Kier molecular flexibility index (Phi) is 7.27. The Balaban J connectivity index is 0.00000106. The van der Waals surface area contributed by atoms with Crippen LogP contribution in [0.25, 0.3) is 0 Å². The van der Waals surface area contributed by atoms with E-state index in [0.717, 1.165) is 12.0 Å². The van der Waals surface area contributed by atoms with Crippen molar-refractivity contribution in [3.05, 3.63) is 35.4 Å². The van der Waals surface area contributed by atoms with Crippen LogP contribution >= 0.6 is 0 Å². The summed E-state index contributed by atoms with van der Waals surface area (Å²) in [7, 11) is 0. The summed E-state index contributed by atoms with van der Waals surface area (Å²) in [5.74, 6) is -0.227. The van der Waals surface area contributed by atoms with Crippen LogP contribution in [0.1, 0.15) is 51.2 Å². The molecule has 0 spiro atoms. The molecule has 90 valence electrons. The van der Waals surface area contributed by atoms with Crippen molar-refractivity contribution in [2.24, 2.45) is 0 Å². The smallest absolute Gasteiger partial charge is 0.307 e. The molecule has 0 aliphatic rings. The van der Waals surface area contributed by atoms with E-state index in [9.17, 15) is 4.79 Å². The van der Waals surface area contributed by atoms with Gasteiger partial charge in [0.1, 0.15) is 0 Å². The average Bonchev–Trinajstić information content (AvgIpc) is 2.31. The van der Waals surface area contributed by atoms with E-state index in [1.807, 2.05) is 38.1 Å². The van der Waals surface area contributed by atoms with Gasteiger partial charge in [0.15, 0.2) is 0 Å². The van der Waals surface area contributed by atoms with Gasteiger partial charge < -0.3 is 5.11 Å². The third-order valence-electron chi connectivity index (χ3n) is 2.52. The second kappa shape index (κ2) is 7.91. The van der Waals surface area contributed by atoms with Crippen LogP contribution in [0.2, 0.25) is 0 Å². The van der Waals surface area contributed by atoms with Crippen molar-refractivity contribution in [3.8, 4) is 0 Å². The minimum atomic E-state index is -0.777. The van der Waals surface area contributed by atoms with Gasteiger partial charge in [0, 0.05) is 0 Å². The van der Waals surface area contributed by atoms with Gasteiger partial charge in [-0.15, -0.1) is 0 Å². The number of hydrogen-bond acceptors (Lipinski definition) is 1. The Morgan fingerprint density at radius 2 is 1.75 bits per heavy atom. The van der Waals surface area contributed by atoms with Crippen LogP contribution in [-0.2, 0) is 11.2 Å². The molecule has 0 bridgehead atoms. The zero-order valence-corrected chi connectivity index (χ0v) is 10.7. The molecule has 1 N–H and O–H groups in total. The fraction of sp³-hybridized carbons (Fsp3) is 0.500. The third-order valence-corrected chi connectivity index (χ3v) is 2.52. The summed E-state index contributed by atoms with van der Waals surface area (Å²) in [6, 6.07) is 7.84. The monoisotopic (exact) mass is 222 g/mol. The van der Waals surface area contributed by atoms with E-state index in [2.05, 4.69) is 13.8 Å². The highest BCUT2D eigenvalue weighted by Crippen LogP contribution is 2.18. The number of benzene rings is 1. The molecule has 16 heavy (non-hydrogen) atoms. The van der Waals surface area contributed by atoms with Gasteiger partial charge in [0.2, 0.25) is 0 Å². The molecule has 2 nitrogen and oxygen atoms in total. The van der Waals surface area contributed by atoms with Gasteiger partial charge in [-0.1, -0.05) is 52.0 Å². The van der Waals surface area contributed by atoms with Crippen LogP contribution in [0.5, 0.6) is 0 Å². The van der Waals surface area contributed by atoms with Crippen molar-refractivity contribution in [2.75, 3.05) is 0 Å². The summed E-state index contributed by atoms with van der Waals surface area (Å²) in [5, 5.41) is 8.59. The molecule has 1 aromatic rings. The van der Waals surface area contributed by atoms with Crippen LogP contribution in [0, 0.1) is 0 Å². The molecule has 0 radical (unpaired) electrons. The van der Waals surface area contributed by atoms with Crippen LogP contribution in [0.3, 0.4) is 0 Å². The maximum atomic E-state index is 10.4. The van der Waals surface area contributed by atoms with Crippen LogP contribution in [0.15, 0.2) is 24.3 Å². The van der Waals surface area contributed by atoms with E-state index in [4.69, 9.17) is 5.11 Å². The van der Waals surface area contributed by atoms with Crippen molar-refractivity contribution < 1.29 is 9.90 Å². The van der Waals surface area contributed by atoms with Crippen molar-refractivity contribution in [3.63, 3.8) is 0 Å². The van der Waals surface area contributed by atoms with E-state index >= 15 is 0 Å². The molecule has 1 atom stereocenters. The normalized spacial score (nSPS) is 11.2. The van der Waals surface area contributed by atoms with Crippen molar-refractivity contribution in [1.29, 1.82) is 0 Å². The molecule has 1 rings (SSSR count). The number of carboxylic acids is 1. The van der Waals surface area contributed by atoms with Gasteiger partial charge in [0.25, 0.3) is 0 Å². The third kappa shape index (κ3) is 4.96. The van der Waals surface area contributed by atoms with Gasteiger partial charge >= 0.3 is 5.97 Å². The van der Waals surface area contributed by atoms with Crippen molar-refractivity contribution in [2.45, 2.75) is 46.5 Å².